The number of anilines is 3. The Balaban J connectivity index is 1.41. The minimum Gasteiger partial charge on any atom is -0.443 e. The molecule has 0 aliphatic carbocycles. The maximum absolute atomic E-state index is 15.3. The van der Waals surface area contributed by atoms with Gasteiger partial charge in [-0.05, 0) is 78.3 Å². The molecule has 1 N–H and O–H groups in total. The number of rotatable bonds is 4. The van der Waals surface area contributed by atoms with Crippen molar-refractivity contribution in [2.45, 2.75) is 71.7 Å². The first-order valence-electron chi connectivity index (χ1n) is 14.4. The molecule has 3 aromatic rings. The fourth-order valence-corrected chi connectivity index (χ4v) is 5.93. The quantitative estimate of drug-likeness (QED) is 0.383. The Kier molecular flexibility index (Phi) is 8.38. The first-order valence-corrected chi connectivity index (χ1v) is 15.2. The summed E-state index contributed by atoms with van der Waals surface area (Å²) in [6, 6.07) is 7.56. The molecule has 0 spiro atoms. The zero-order chi connectivity index (χ0) is 32.0. The van der Waals surface area contributed by atoms with Gasteiger partial charge in [0.05, 0.1) is 17.5 Å². The van der Waals surface area contributed by atoms with Crippen molar-refractivity contribution in [3.63, 3.8) is 0 Å². The van der Waals surface area contributed by atoms with Crippen molar-refractivity contribution in [1.29, 1.82) is 0 Å². The molecular formula is C31H36FN5O6S. The number of ether oxygens (including phenoxy) is 2. The summed E-state index contributed by atoms with van der Waals surface area (Å²) in [7, 11) is 0. The van der Waals surface area contributed by atoms with Crippen molar-refractivity contribution >= 4 is 46.6 Å². The Morgan fingerprint density at radius 1 is 1.05 bits per heavy atom. The van der Waals surface area contributed by atoms with E-state index in [0.29, 0.717) is 45.6 Å². The molecule has 4 heterocycles. The number of aliphatic hydroxyl groups is 1. The Bertz CT molecular complexity index is 1550. The van der Waals surface area contributed by atoms with Gasteiger partial charge in [-0.3, -0.25) is 4.79 Å². The van der Waals surface area contributed by atoms with Crippen molar-refractivity contribution in [1.82, 2.24) is 9.97 Å². The average Bonchev–Trinajstić information content (AvgIpc) is 3.55. The molecule has 0 unspecified atom stereocenters. The first kappa shape index (κ1) is 31.3. The molecule has 234 valence electrons. The standard InChI is InChI=1S/C31H36FN5O6S/c1-30(2,3)42-28(40)37(29(41)43-31(4,5)6)23-15-19(8-9-21(23)32)36-14-12-22-25(27(36)39)44-26(34-22)18-7-10-24(33-16-18)35-13-11-20(38)17-35/h7-10,15-16,20,38H,11-14,17H2,1-6H3/t20-/m1/s1. The number of carbonyl (C=O) groups is 3. The number of nitrogens with zero attached hydrogens (tertiary/aromatic N) is 5. The summed E-state index contributed by atoms with van der Waals surface area (Å²) >= 11 is 1.24. The number of hydrogen-bond donors (Lipinski definition) is 1. The summed E-state index contributed by atoms with van der Waals surface area (Å²) in [5.74, 6) is -0.424. The highest BCUT2D eigenvalue weighted by atomic mass is 32.1. The van der Waals surface area contributed by atoms with Crippen LogP contribution in [0.4, 0.5) is 31.2 Å². The lowest BCUT2D eigenvalue weighted by Crippen LogP contribution is -2.44. The van der Waals surface area contributed by atoms with E-state index in [0.717, 1.165) is 24.0 Å². The predicted molar refractivity (Wildman–Crippen MR) is 165 cm³/mol. The van der Waals surface area contributed by atoms with E-state index in [2.05, 4.69) is 4.98 Å². The van der Waals surface area contributed by atoms with Crippen molar-refractivity contribution in [3.05, 3.63) is 52.9 Å². The van der Waals surface area contributed by atoms with E-state index in [1.807, 2.05) is 17.0 Å². The molecular weight excluding hydrogens is 589 g/mol. The van der Waals surface area contributed by atoms with Crippen LogP contribution in [0.2, 0.25) is 0 Å². The van der Waals surface area contributed by atoms with E-state index in [4.69, 9.17) is 14.5 Å². The molecule has 1 fully saturated rings. The maximum Gasteiger partial charge on any atom is 0.424 e. The molecule has 2 aromatic heterocycles. The van der Waals surface area contributed by atoms with Crippen molar-refractivity contribution in [3.8, 4) is 10.6 Å². The maximum atomic E-state index is 15.3. The van der Waals surface area contributed by atoms with Gasteiger partial charge >= 0.3 is 12.2 Å². The molecule has 2 aliphatic rings. The third-order valence-electron chi connectivity index (χ3n) is 6.83. The van der Waals surface area contributed by atoms with Gasteiger partial charge < -0.3 is 24.4 Å². The van der Waals surface area contributed by atoms with Crippen LogP contribution in [-0.4, -0.2) is 70.1 Å². The summed E-state index contributed by atoms with van der Waals surface area (Å²) < 4.78 is 26.1. The average molecular weight is 626 g/mol. The molecule has 1 saturated heterocycles. The van der Waals surface area contributed by atoms with Gasteiger partial charge in [0.1, 0.15) is 32.7 Å². The van der Waals surface area contributed by atoms with Crippen molar-refractivity contribution in [2.75, 3.05) is 34.3 Å². The summed E-state index contributed by atoms with van der Waals surface area (Å²) in [6.07, 6.45) is 0.289. The molecule has 44 heavy (non-hydrogen) atoms. The van der Waals surface area contributed by atoms with Crippen LogP contribution >= 0.6 is 11.3 Å². The number of benzene rings is 1. The second-order valence-corrected chi connectivity index (χ2v) is 13.7. The van der Waals surface area contributed by atoms with Crippen molar-refractivity contribution < 1.29 is 33.4 Å². The van der Waals surface area contributed by atoms with Gasteiger partial charge in [-0.2, -0.15) is 4.90 Å². The van der Waals surface area contributed by atoms with E-state index in [-0.39, 0.29) is 18.6 Å². The van der Waals surface area contributed by atoms with E-state index in [1.54, 1.807) is 47.7 Å². The molecule has 2 aliphatic heterocycles. The highest BCUT2D eigenvalue weighted by Gasteiger charge is 2.36. The van der Waals surface area contributed by atoms with Gasteiger partial charge in [0.25, 0.3) is 5.91 Å². The van der Waals surface area contributed by atoms with E-state index in [9.17, 15) is 19.5 Å². The summed E-state index contributed by atoms with van der Waals surface area (Å²) in [4.78, 5) is 53.6. The van der Waals surface area contributed by atoms with Gasteiger partial charge in [-0.15, -0.1) is 11.3 Å². The Morgan fingerprint density at radius 2 is 1.73 bits per heavy atom. The summed E-state index contributed by atoms with van der Waals surface area (Å²) in [5.41, 5.74) is -0.623. The van der Waals surface area contributed by atoms with Crippen LogP contribution in [0.25, 0.3) is 10.6 Å². The van der Waals surface area contributed by atoms with Crippen LogP contribution in [0.15, 0.2) is 36.5 Å². The molecule has 0 saturated carbocycles. The molecule has 11 nitrogen and oxygen atoms in total. The van der Waals surface area contributed by atoms with Crippen molar-refractivity contribution in [2.24, 2.45) is 0 Å². The van der Waals surface area contributed by atoms with E-state index >= 15 is 4.39 Å². The molecule has 1 aromatic carbocycles. The number of carbonyl (C=O) groups excluding carboxylic acids is 3. The van der Waals surface area contributed by atoms with Crippen LogP contribution < -0.4 is 14.7 Å². The Labute approximate surface area is 259 Å². The van der Waals surface area contributed by atoms with Crippen LogP contribution in [0.1, 0.15) is 63.3 Å². The molecule has 13 heteroatoms. The first-order chi connectivity index (χ1) is 20.6. The largest absolute Gasteiger partial charge is 0.443 e. The second kappa shape index (κ2) is 11.8. The normalized spacial score (nSPS) is 17.0. The third-order valence-corrected chi connectivity index (χ3v) is 7.96. The summed E-state index contributed by atoms with van der Waals surface area (Å²) in [6.45, 7) is 11.3. The van der Waals surface area contributed by atoms with Crippen LogP contribution in [0.3, 0.4) is 0 Å². The number of thiazole rings is 1. The molecule has 1 atom stereocenters. The molecule has 5 rings (SSSR count). The molecule has 0 bridgehead atoms. The minimum atomic E-state index is -1.11. The minimum absolute atomic E-state index is 0.257. The zero-order valence-corrected chi connectivity index (χ0v) is 26.4. The Morgan fingerprint density at radius 3 is 2.30 bits per heavy atom. The number of β-amino-alcohol motifs (C(OH)–C–C–N with tert-alkyl or cyclic N) is 1. The number of aliphatic hydroxyl groups excluding tert-OH is 1. The van der Waals surface area contributed by atoms with Gasteiger partial charge in [-0.1, -0.05) is 0 Å². The number of halogens is 1. The number of fused-ring (bicyclic) bond motifs is 1. The number of hydrogen-bond acceptors (Lipinski definition) is 10. The van der Waals surface area contributed by atoms with Gasteiger partial charge in [0.2, 0.25) is 0 Å². The fourth-order valence-electron chi connectivity index (χ4n) is 4.88. The van der Waals surface area contributed by atoms with Crippen LogP contribution in [0, 0.1) is 5.82 Å². The number of pyridine rings is 1. The lowest BCUT2D eigenvalue weighted by molar-refractivity contribution is 0.0428. The highest BCUT2D eigenvalue weighted by molar-refractivity contribution is 7.17. The number of aromatic nitrogens is 2. The van der Waals surface area contributed by atoms with E-state index < -0.39 is 34.9 Å². The highest BCUT2D eigenvalue weighted by Crippen LogP contribution is 2.36. The molecule has 3 amide bonds. The SMILES string of the molecule is CC(C)(C)OC(=O)N(C(=O)OC(C)(C)C)c1cc(N2CCc3nc(-c4ccc(N5CC[C@@H](O)C5)nc4)sc3C2=O)ccc1F. The molecule has 0 radical (unpaired) electrons. The fraction of sp³-hybridized carbons (Fsp3) is 0.452. The monoisotopic (exact) mass is 625 g/mol. The lowest BCUT2D eigenvalue weighted by atomic mass is 10.1. The predicted octanol–water partition coefficient (Wildman–Crippen LogP) is 5.79. The topological polar surface area (TPSA) is 125 Å². The van der Waals surface area contributed by atoms with Gasteiger partial charge in [-0.25, -0.2) is 23.9 Å². The van der Waals surface area contributed by atoms with Gasteiger partial charge in [0, 0.05) is 43.5 Å². The smallest absolute Gasteiger partial charge is 0.424 e. The summed E-state index contributed by atoms with van der Waals surface area (Å²) in [5, 5.41) is 10.5. The van der Waals surface area contributed by atoms with Gasteiger partial charge in [0.15, 0.2) is 0 Å². The van der Waals surface area contributed by atoms with Crippen LogP contribution in [0.5, 0.6) is 0 Å². The number of imide groups is 1. The second-order valence-electron chi connectivity index (χ2n) is 12.7. The third kappa shape index (κ3) is 6.83. The zero-order valence-electron chi connectivity index (χ0n) is 25.6. The Hall–Kier alpha value is -4.10. The number of amides is 3. The van der Waals surface area contributed by atoms with E-state index in [1.165, 1.54) is 28.4 Å². The lowest BCUT2D eigenvalue weighted by Gasteiger charge is -2.30. The van der Waals surface area contributed by atoms with Crippen LogP contribution in [-0.2, 0) is 15.9 Å².